The summed E-state index contributed by atoms with van der Waals surface area (Å²) in [5.41, 5.74) is 1.32. The van der Waals surface area contributed by atoms with Crippen LogP contribution in [0.15, 0.2) is 59.5 Å². The maximum absolute atomic E-state index is 12.5. The van der Waals surface area contributed by atoms with Gasteiger partial charge in [-0.05, 0) is 36.4 Å². The van der Waals surface area contributed by atoms with E-state index in [1.165, 1.54) is 36.3 Å². The van der Waals surface area contributed by atoms with Gasteiger partial charge in [0.15, 0.2) is 5.13 Å². The van der Waals surface area contributed by atoms with Gasteiger partial charge in [0.25, 0.3) is 5.91 Å². The molecule has 0 unspecified atom stereocenters. The Kier molecular flexibility index (Phi) is 7.03. The number of carbonyl (C=O) groups excluding carboxylic acids is 2. The Labute approximate surface area is 188 Å². The Hall–Kier alpha value is -3.67. The summed E-state index contributed by atoms with van der Waals surface area (Å²) in [7, 11) is 1.52. The number of benzene rings is 2. The molecule has 3 aromatic rings. The molecule has 7 nitrogen and oxygen atoms in total. The van der Waals surface area contributed by atoms with Crippen molar-refractivity contribution in [2.75, 3.05) is 17.3 Å². The van der Waals surface area contributed by atoms with Crippen LogP contribution in [-0.2, 0) is 9.59 Å². The van der Waals surface area contributed by atoms with Crippen molar-refractivity contribution in [1.82, 2.24) is 4.98 Å². The number of halogens is 1. The summed E-state index contributed by atoms with van der Waals surface area (Å²) in [6, 6.07) is 15.5. The molecule has 0 aliphatic rings. The van der Waals surface area contributed by atoms with E-state index in [9.17, 15) is 14.9 Å². The number of nitrogens with one attached hydrogen (secondary N) is 1. The largest absolute Gasteiger partial charge is 0.497 e. The quantitative estimate of drug-likeness (QED) is 0.417. The Bertz CT molecular complexity index is 1200. The van der Waals surface area contributed by atoms with Crippen LogP contribution < -0.4 is 15.0 Å². The Morgan fingerprint density at radius 2 is 2.03 bits per heavy atom. The van der Waals surface area contributed by atoms with E-state index in [0.717, 1.165) is 0 Å². The number of aromatic nitrogens is 1. The molecule has 1 aromatic heterocycles. The fourth-order valence-electron chi connectivity index (χ4n) is 2.68. The second-order valence-corrected chi connectivity index (χ2v) is 7.52. The summed E-state index contributed by atoms with van der Waals surface area (Å²) < 4.78 is 5.13. The first kappa shape index (κ1) is 22.0. The van der Waals surface area contributed by atoms with Crippen molar-refractivity contribution in [3.8, 4) is 11.8 Å². The van der Waals surface area contributed by atoms with Crippen molar-refractivity contribution < 1.29 is 14.3 Å². The third kappa shape index (κ3) is 5.48. The Balaban J connectivity index is 1.84. The highest BCUT2D eigenvalue weighted by Gasteiger charge is 2.19. The monoisotopic (exact) mass is 452 g/mol. The van der Waals surface area contributed by atoms with Gasteiger partial charge in [-0.15, -0.1) is 11.3 Å². The molecule has 1 heterocycles. The zero-order valence-electron chi connectivity index (χ0n) is 16.6. The van der Waals surface area contributed by atoms with Gasteiger partial charge in [-0.1, -0.05) is 23.7 Å². The molecule has 9 heteroatoms. The van der Waals surface area contributed by atoms with E-state index in [-0.39, 0.29) is 11.5 Å². The van der Waals surface area contributed by atoms with Crippen LogP contribution in [0, 0.1) is 11.3 Å². The maximum atomic E-state index is 12.5. The first-order valence-corrected chi connectivity index (χ1v) is 10.3. The van der Waals surface area contributed by atoms with Gasteiger partial charge in [-0.3, -0.25) is 14.5 Å². The average Bonchev–Trinajstić information content (AvgIpc) is 3.19. The predicted octanol–water partition coefficient (Wildman–Crippen LogP) is 5.04. The molecule has 0 spiro atoms. The molecule has 0 aliphatic heterocycles. The van der Waals surface area contributed by atoms with Gasteiger partial charge in [0.05, 0.1) is 18.5 Å². The second-order valence-electron chi connectivity index (χ2n) is 6.25. The van der Waals surface area contributed by atoms with Gasteiger partial charge in [0.2, 0.25) is 5.91 Å². The minimum Gasteiger partial charge on any atom is -0.497 e. The van der Waals surface area contributed by atoms with Gasteiger partial charge in [-0.2, -0.15) is 5.26 Å². The second kappa shape index (κ2) is 9.89. The van der Waals surface area contributed by atoms with Crippen LogP contribution in [0.25, 0.3) is 6.08 Å². The zero-order valence-corrected chi connectivity index (χ0v) is 18.2. The normalized spacial score (nSPS) is 10.8. The van der Waals surface area contributed by atoms with Crippen molar-refractivity contribution in [2.45, 2.75) is 6.92 Å². The van der Waals surface area contributed by atoms with E-state index in [4.69, 9.17) is 16.3 Å². The predicted molar refractivity (Wildman–Crippen MR) is 122 cm³/mol. The Morgan fingerprint density at radius 3 is 2.71 bits per heavy atom. The van der Waals surface area contributed by atoms with E-state index in [1.807, 2.05) is 6.07 Å². The molecule has 1 N–H and O–H groups in total. The third-order valence-electron chi connectivity index (χ3n) is 4.07. The highest BCUT2D eigenvalue weighted by Crippen LogP contribution is 2.31. The number of hydrogen-bond donors (Lipinski definition) is 1. The fourth-order valence-corrected chi connectivity index (χ4v) is 3.71. The van der Waals surface area contributed by atoms with E-state index in [2.05, 4.69) is 10.3 Å². The lowest BCUT2D eigenvalue weighted by Crippen LogP contribution is -2.22. The molecule has 3 rings (SSSR count). The van der Waals surface area contributed by atoms with E-state index >= 15 is 0 Å². The van der Waals surface area contributed by atoms with Crippen LogP contribution in [0.2, 0.25) is 5.02 Å². The van der Waals surface area contributed by atoms with Crippen molar-refractivity contribution in [3.63, 3.8) is 0 Å². The summed E-state index contributed by atoms with van der Waals surface area (Å²) in [4.78, 5) is 30.5. The molecule has 0 saturated heterocycles. The molecule has 0 bridgehead atoms. The van der Waals surface area contributed by atoms with E-state index < -0.39 is 5.91 Å². The van der Waals surface area contributed by atoms with Gasteiger partial charge in [0, 0.05) is 29.1 Å². The number of amides is 2. The summed E-state index contributed by atoms with van der Waals surface area (Å²) >= 11 is 7.25. The minimum atomic E-state index is -0.580. The van der Waals surface area contributed by atoms with Crippen LogP contribution in [-0.4, -0.2) is 23.9 Å². The van der Waals surface area contributed by atoms with E-state index in [0.29, 0.717) is 33.0 Å². The Morgan fingerprint density at radius 1 is 1.26 bits per heavy atom. The number of anilines is 3. The van der Waals surface area contributed by atoms with Crippen molar-refractivity contribution in [1.29, 1.82) is 5.26 Å². The lowest BCUT2D eigenvalue weighted by molar-refractivity contribution is -0.116. The topological polar surface area (TPSA) is 95.3 Å². The number of carbonyl (C=O) groups is 2. The van der Waals surface area contributed by atoms with Crippen LogP contribution >= 0.6 is 22.9 Å². The minimum absolute atomic E-state index is 0.128. The summed E-state index contributed by atoms with van der Waals surface area (Å²) in [6.07, 6.45) is 1.37. The summed E-state index contributed by atoms with van der Waals surface area (Å²) in [5.74, 6) is -0.248. The lowest BCUT2D eigenvalue weighted by Gasteiger charge is -2.18. The smallest absolute Gasteiger partial charge is 0.266 e. The number of thiazole rings is 1. The molecule has 0 saturated carbocycles. The third-order valence-corrected chi connectivity index (χ3v) is 5.15. The maximum Gasteiger partial charge on any atom is 0.266 e. The van der Waals surface area contributed by atoms with Gasteiger partial charge >= 0.3 is 0 Å². The molecule has 0 fully saturated rings. The first-order valence-electron chi connectivity index (χ1n) is 9.00. The number of nitriles is 1. The number of hydrogen-bond acceptors (Lipinski definition) is 6. The number of nitrogens with zero attached hydrogens (tertiary/aromatic N) is 3. The molecule has 0 radical (unpaired) electrons. The van der Waals surface area contributed by atoms with Gasteiger partial charge < -0.3 is 10.1 Å². The molecular weight excluding hydrogens is 436 g/mol. The fraction of sp³-hybridized carbons (Fsp3) is 0.0909. The molecule has 0 atom stereocenters. The zero-order chi connectivity index (χ0) is 22.4. The van der Waals surface area contributed by atoms with Crippen molar-refractivity contribution in [2.24, 2.45) is 0 Å². The average molecular weight is 453 g/mol. The molecule has 0 aliphatic carbocycles. The molecule has 2 aromatic carbocycles. The highest BCUT2D eigenvalue weighted by molar-refractivity contribution is 7.14. The molecular formula is C22H17ClN4O3S. The standard InChI is InChI=1S/C22H17ClN4O3S/c1-14(28)27(19-7-3-5-16(23)10-19)22-26-18(13-31-22)9-15(12-24)21(29)25-17-6-4-8-20(11-17)30-2/h3-11,13H,1-2H3,(H,25,29)/b15-9+. The number of ether oxygens (including phenoxy) is 1. The molecule has 156 valence electrons. The van der Waals surface area contributed by atoms with Crippen LogP contribution in [0.1, 0.15) is 12.6 Å². The number of methoxy groups -OCH3 is 1. The van der Waals surface area contributed by atoms with Gasteiger partial charge in [-0.25, -0.2) is 4.98 Å². The van der Waals surface area contributed by atoms with Crippen LogP contribution in [0.4, 0.5) is 16.5 Å². The van der Waals surface area contributed by atoms with Crippen molar-refractivity contribution >= 4 is 57.3 Å². The van der Waals surface area contributed by atoms with Crippen molar-refractivity contribution in [3.05, 3.63) is 70.2 Å². The van der Waals surface area contributed by atoms with E-state index in [1.54, 1.807) is 53.9 Å². The van der Waals surface area contributed by atoms with Gasteiger partial charge in [0.1, 0.15) is 17.4 Å². The summed E-state index contributed by atoms with van der Waals surface area (Å²) in [6.45, 7) is 1.42. The number of rotatable bonds is 6. The van der Waals surface area contributed by atoms with Crippen LogP contribution in [0.3, 0.4) is 0 Å². The summed E-state index contributed by atoms with van der Waals surface area (Å²) in [5, 5.41) is 14.6. The first-order chi connectivity index (χ1) is 14.9. The SMILES string of the molecule is COc1cccc(NC(=O)/C(C#N)=C/c2csc(N(C(C)=O)c3cccc(Cl)c3)n2)c1. The van der Waals surface area contributed by atoms with Crippen LogP contribution in [0.5, 0.6) is 5.75 Å². The molecule has 31 heavy (non-hydrogen) atoms. The lowest BCUT2D eigenvalue weighted by atomic mass is 10.2. The highest BCUT2D eigenvalue weighted by atomic mass is 35.5. The molecule has 2 amide bonds.